The molecule has 0 aliphatic rings. The molecule has 3 aromatic rings. The van der Waals surface area contributed by atoms with Gasteiger partial charge in [-0.1, -0.05) is 48.5 Å². The highest BCUT2D eigenvalue weighted by Gasteiger charge is 2.07. The van der Waals surface area contributed by atoms with Crippen LogP contribution in [0.2, 0.25) is 0 Å². The Kier molecular flexibility index (Phi) is 4.12. The van der Waals surface area contributed by atoms with Crippen molar-refractivity contribution < 1.29 is 4.74 Å². The highest BCUT2D eigenvalue weighted by molar-refractivity contribution is 5.87. The van der Waals surface area contributed by atoms with Gasteiger partial charge in [0.1, 0.15) is 6.61 Å². The van der Waals surface area contributed by atoms with Gasteiger partial charge in [-0.05, 0) is 30.1 Å². The third kappa shape index (κ3) is 3.20. The quantitative estimate of drug-likeness (QED) is 0.775. The largest absolute Gasteiger partial charge is 0.472 e. The van der Waals surface area contributed by atoms with Crippen LogP contribution in [0.25, 0.3) is 10.8 Å². The predicted molar refractivity (Wildman–Crippen MR) is 85.3 cm³/mol. The second-order valence-electron chi connectivity index (χ2n) is 4.94. The first-order valence-electron chi connectivity index (χ1n) is 7.07. The number of fused-ring (bicyclic) bond motifs is 1. The molecule has 0 aliphatic heterocycles. The molecule has 21 heavy (non-hydrogen) atoms. The highest BCUT2D eigenvalue weighted by atomic mass is 16.5. The van der Waals surface area contributed by atoms with Crippen LogP contribution >= 0.6 is 0 Å². The normalized spacial score (nSPS) is 10.7. The fourth-order valence-electron chi connectivity index (χ4n) is 2.33. The Morgan fingerprint density at radius 3 is 2.57 bits per heavy atom. The number of nitrogens with zero attached hydrogens (tertiary/aromatic N) is 1. The summed E-state index contributed by atoms with van der Waals surface area (Å²) in [6.07, 6.45) is 0. The molecular formula is C18H18N2O. The van der Waals surface area contributed by atoms with Crippen molar-refractivity contribution in [3.63, 3.8) is 0 Å². The van der Waals surface area contributed by atoms with Gasteiger partial charge in [-0.3, -0.25) is 0 Å². The Labute approximate surface area is 124 Å². The first-order chi connectivity index (χ1) is 10.4. The summed E-state index contributed by atoms with van der Waals surface area (Å²) in [5.74, 6) is 0.696. The van der Waals surface area contributed by atoms with Crippen molar-refractivity contribution in [3.05, 3.63) is 71.9 Å². The van der Waals surface area contributed by atoms with E-state index < -0.39 is 0 Å². The number of aromatic nitrogens is 1. The number of pyridine rings is 1. The molecule has 0 radical (unpaired) electrons. The zero-order chi connectivity index (χ0) is 14.5. The molecule has 0 amide bonds. The van der Waals surface area contributed by atoms with Gasteiger partial charge in [0, 0.05) is 11.9 Å². The molecule has 0 bridgehead atoms. The lowest BCUT2D eigenvalue weighted by atomic mass is 10.1. The zero-order valence-corrected chi connectivity index (χ0v) is 12.0. The summed E-state index contributed by atoms with van der Waals surface area (Å²) in [5, 5.41) is 5.33. The molecule has 3 rings (SSSR count). The minimum atomic E-state index is 0.529. The maximum absolute atomic E-state index is 5.95. The van der Waals surface area contributed by atoms with Crippen LogP contribution in [0, 0.1) is 0 Å². The number of rotatable bonds is 5. The molecule has 3 heteroatoms. The Bertz CT molecular complexity index is 726. The van der Waals surface area contributed by atoms with Crippen molar-refractivity contribution in [1.82, 2.24) is 10.3 Å². The topological polar surface area (TPSA) is 34.1 Å². The molecule has 1 heterocycles. The second-order valence-corrected chi connectivity index (χ2v) is 4.94. The van der Waals surface area contributed by atoms with Gasteiger partial charge in [-0.25, -0.2) is 4.98 Å². The van der Waals surface area contributed by atoms with E-state index in [4.69, 9.17) is 4.74 Å². The zero-order valence-electron chi connectivity index (χ0n) is 12.0. The smallest absolute Gasteiger partial charge is 0.221 e. The second kappa shape index (κ2) is 6.37. The van der Waals surface area contributed by atoms with E-state index in [9.17, 15) is 0 Å². The molecular weight excluding hydrogens is 260 g/mol. The molecule has 0 spiro atoms. The number of hydrogen-bond donors (Lipinski definition) is 1. The molecule has 0 aliphatic carbocycles. The summed E-state index contributed by atoms with van der Waals surface area (Å²) < 4.78 is 5.95. The minimum absolute atomic E-state index is 0.529. The Morgan fingerprint density at radius 1 is 1.00 bits per heavy atom. The van der Waals surface area contributed by atoms with Crippen molar-refractivity contribution in [2.45, 2.75) is 13.2 Å². The van der Waals surface area contributed by atoms with Crippen LogP contribution in [0.15, 0.2) is 60.7 Å². The lowest BCUT2D eigenvalue weighted by Crippen LogP contribution is -2.08. The van der Waals surface area contributed by atoms with Gasteiger partial charge in [0.05, 0.1) is 5.69 Å². The predicted octanol–water partition coefficient (Wildman–Crippen LogP) is 3.53. The van der Waals surface area contributed by atoms with Crippen LogP contribution in [-0.4, -0.2) is 12.0 Å². The first-order valence-corrected chi connectivity index (χ1v) is 7.07. The van der Waals surface area contributed by atoms with E-state index >= 15 is 0 Å². The van der Waals surface area contributed by atoms with Crippen LogP contribution in [0.4, 0.5) is 0 Å². The molecule has 0 saturated carbocycles. The van der Waals surface area contributed by atoms with E-state index in [1.807, 2.05) is 43.4 Å². The third-order valence-electron chi connectivity index (χ3n) is 3.33. The molecule has 0 saturated heterocycles. The van der Waals surface area contributed by atoms with Gasteiger partial charge in [0.15, 0.2) is 0 Å². The van der Waals surface area contributed by atoms with E-state index in [0.29, 0.717) is 12.5 Å². The number of nitrogens with one attached hydrogen (secondary N) is 1. The van der Waals surface area contributed by atoms with E-state index in [1.165, 1.54) is 0 Å². The molecule has 0 atom stereocenters. The average Bonchev–Trinajstić information content (AvgIpc) is 2.54. The van der Waals surface area contributed by atoms with Crippen LogP contribution in [-0.2, 0) is 13.2 Å². The molecule has 0 fully saturated rings. The van der Waals surface area contributed by atoms with Gasteiger partial charge in [0.25, 0.3) is 0 Å². The van der Waals surface area contributed by atoms with E-state index in [0.717, 1.165) is 28.6 Å². The van der Waals surface area contributed by atoms with Crippen molar-refractivity contribution in [2.75, 3.05) is 7.05 Å². The van der Waals surface area contributed by atoms with E-state index in [-0.39, 0.29) is 0 Å². The van der Waals surface area contributed by atoms with Crippen molar-refractivity contribution in [1.29, 1.82) is 0 Å². The number of hydrogen-bond acceptors (Lipinski definition) is 3. The van der Waals surface area contributed by atoms with Crippen LogP contribution in [0.1, 0.15) is 11.3 Å². The maximum Gasteiger partial charge on any atom is 0.221 e. The van der Waals surface area contributed by atoms with Gasteiger partial charge in [-0.2, -0.15) is 0 Å². The van der Waals surface area contributed by atoms with Gasteiger partial charge >= 0.3 is 0 Å². The Morgan fingerprint density at radius 2 is 1.76 bits per heavy atom. The maximum atomic E-state index is 5.95. The standard InChI is InChI=1S/C18H18N2O/c1-19-12-16-11-15-9-5-6-10-17(15)18(20-16)21-13-14-7-3-2-4-8-14/h2-11,19H,12-13H2,1H3. The van der Waals surface area contributed by atoms with Gasteiger partial charge in [0.2, 0.25) is 5.88 Å². The lowest BCUT2D eigenvalue weighted by molar-refractivity contribution is 0.297. The summed E-state index contributed by atoms with van der Waals surface area (Å²) >= 11 is 0. The summed E-state index contributed by atoms with van der Waals surface area (Å²) in [6, 6.07) is 20.4. The molecule has 3 nitrogen and oxygen atoms in total. The van der Waals surface area contributed by atoms with Crippen LogP contribution in [0.5, 0.6) is 5.88 Å². The molecule has 1 N–H and O–H groups in total. The third-order valence-corrected chi connectivity index (χ3v) is 3.33. The van der Waals surface area contributed by atoms with Crippen molar-refractivity contribution >= 4 is 10.8 Å². The average molecular weight is 278 g/mol. The SMILES string of the molecule is CNCc1cc2ccccc2c(OCc2ccccc2)n1. The van der Waals surface area contributed by atoms with Gasteiger partial charge < -0.3 is 10.1 Å². The summed E-state index contributed by atoms with van der Waals surface area (Å²) in [4.78, 5) is 4.62. The summed E-state index contributed by atoms with van der Waals surface area (Å²) in [7, 11) is 1.92. The number of benzene rings is 2. The molecule has 2 aromatic carbocycles. The molecule has 0 unspecified atom stereocenters. The number of ether oxygens (including phenoxy) is 1. The Balaban J connectivity index is 1.92. The van der Waals surface area contributed by atoms with E-state index in [2.05, 4.69) is 34.6 Å². The summed E-state index contributed by atoms with van der Waals surface area (Å²) in [5.41, 5.74) is 2.13. The summed E-state index contributed by atoms with van der Waals surface area (Å²) in [6.45, 7) is 1.26. The molecule has 1 aromatic heterocycles. The van der Waals surface area contributed by atoms with Crippen molar-refractivity contribution in [2.24, 2.45) is 0 Å². The minimum Gasteiger partial charge on any atom is -0.472 e. The first kappa shape index (κ1) is 13.6. The fourth-order valence-corrected chi connectivity index (χ4v) is 2.33. The highest BCUT2D eigenvalue weighted by Crippen LogP contribution is 2.25. The van der Waals surface area contributed by atoms with Crippen LogP contribution in [0.3, 0.4) is 0 Å². The molecule has 106 valence electrons. The Hall–Kier alpha value is -2.39. The van der Waals surface area contributed by atoms with Crippen LogP contribution < -0.4 is 10.1 Å². The monoisotopic (exact) mass is 278 g/mol. The van der Waals surface area contributed by atoms with Gasteiger partial charge in [-0.15, -0.1) is 0 Å². The fraction of sp³-hybridized carbons (Fsp3) is 0.167. The van der Waals surface area contributed by atoms with Crippen molar-refractivity contribution in [3.8, 4) is 5.88 Å². The lowest BCUT2D eigenvalue weighted by Gasteiger charge is -2.11. The van der Waals surface area contributed by atoms with E-state index in [1.54, 1.807) is 0 Å².